The molecule has 108 valence electrons. The monoisotopic (exact) mass is 286 g/mol. The summed E-state index contributed by atoms with van der Waals surface area (Å²) in [6, 6.07) is 1.96. The van der Waals surface area contributed by atoms with Crippen LogP contribution in [0.1, 0.15) is 48.8 Å². The molecule has 1 heterocycles. The number of nitrogens with two attached hydrogens (primary N) is 1. The fraction of sp³-hybridized carbons (Fsp3) is 0.692. The second-order valence-electron chi connectivity index (χ2n) is 5.39. The van der Waals surface area contributed by atoms with Crippen molar-refractivity contribution < 1.29 is 4.79 Å². The summed E-state index contributed by atoms with van der Waals surface area (Å²) >= 11 is 0. The molecule has 19 heavy (non-hydrogen) atoms. The molecule has 1 aliphatic rings. The third kappa shape index (κ3) is 3.70. The summed E-state index contributed by atoms with van der Waals surface area (Å²) in [7, 11) is 1.87. The maximum absolute atomic E-state index is 12.1. The van der Waals surface area contributed by atoms with Crippen LogP contribution in [0.3, 0.4) is 0 Å². The number of amides is 1. The molecule has 1 atom stereocenters. The smallest absolute Gasteiger partial charge is 0.272 e. The Labute approximate surface area is 120 Å². The number of hydrogen-bond acceptors (Lipinski definition) is 3. The summed E-state index contributed by atoms with van der Waals surface area (Å²) in [6.07, 6.45) is 2.34. The normalized spacial score (nSPS) is 16.1. The molecule has 1 amide bonds. The Balaban J connectivity index is 0.00000180. The van der Waals surface area contributed by atoms with Gasteiger partial charge in [-0.3, -0.25) is 9.48 Å². The maximum Gasteiger partial charge on any atom is 0.272 e. The van der Waals surface area contributed by atoms with Crippen LogP contribution in [0.4, 0.5) is 0 Å². The average molecular weight is 287 g/mol. The molecule has 0 spiro atoms. The van der Waals surface area contributed by atoms with E-state index in [1.54, 1.807) is 4.68 Å². The highest BCUT2D eigenvalue weighted by Gasteiger charge is 2.31. The van der Waals surface area contributed by atoms with E-state index in [-0.39, 0.29) is 24.4 Å². The lowest BCUT2D eigenvalue weighted by Gasteiger charge is -2.14. The standard InChI is InChI=1S/C13H22N4O.ClH/c1-8(2)12-6-10(16-17(12)3)13(18)15-11(7-14)9-4-5-9;/h6,8-9,11H,4-5,7,14H2,1-3H3,(H,15,18);1H. The van der Waals surface area contributed by atoms with E-state index in [1.807, 2.05) is 13.1 Å². The zero-order valence-electron chi connectivity index (χ0n) is 11.7. The van der Waals surface area contributed by atoms with Gasteiger partial charge in [0.25, 0.3) is 5.91 Å². The van der Waals surface area contributed by atoms with Gasteiger partial charge in [-0.15, -0.1) is 12.4 Å². The van der Waals surface area contributed by atoms with Gasteiger partial charge >= 0.3 is 0 Å². The van der Waals surface area contributed by atoms with Crippen molar-refractivity contribution in [1.29, 1.82) is 0 Å². The molecule has 1 aliphatic carbocycles. The van der Waals surface area contributed by atoms with E-state index >= 15 is 0 Å². The first-order valence-electron chi connectivity index (χ1n) is 6.57. The molecule has 6 heteroatoms. The lowest BCUT2D eigenvalue weighted by Crippen LogP contribution is -2.41. The Morgan fingerprint density at radius 3 is 2.63 bits per heavy atom. The third-order valence-electron chi connectivity index (χ3n) is 3.50. The van der Waals surface area contributed by atoms with Crippen LogP contribution < -0.4 is 11.1 Å². The summed E-state index contributed by atoms with van der Waals surface area (Å²) in [5.41, 5.74) is 7.24. The van der Waals surface area contributed by atoms with Gasteiger partial charge in [0.2, 0.25) is 0 Å². The Morgan fingerprint density at radius 2 is 2.21 bits per heavy atom. The molecule has 1 saturated carbocycles. The van der Waals surface area contributed by atoms with Crippen molar-refractivity contribution in [3.63, 3.8) is 0 Å². The predicted molar refractivity (Wildman–Crippen MR) is 77.6 cm³/mol. The summed E-state index contributed by atoms with van der Waals surface area (Å²) < 4.78 is 1.77. The molecule has 5 nitrogen and oxygen atoms in total. The number of rotatable bonds is 5. The highest BCUT2D eigenvalue weighted by molar-refractivity contribution is 5.92. The van der Waals surface area contributed by atoms with Gasteiger partial charge in [-0.05, 0) is 30.7 Å². The number of halogens is 1. The van der Waals surface area contributed by atoms with Crippen molar-refractivity contribution in [2.75, 3.05) is 6.54 Å². The van der Waals surface area contributed by atoms with Crippen molar-refractivity contribution in [2.24, 2.45) is 18.7 Å². The fourth-order valence-corrected chi connectivity index (χ4v) is 2.24. The molecular formula is C13H23ClN4O. The van der Waals surface area contributed by atoms with E-state index in [0.29, 0.717) is 24.1 Å². The van der Waals surface area contributed by atoms with Crippen molar-refractivity contribution >= 4 is 18.3 Å². The van der Waals surface area contributed by atoms with Gasteiger partial charge in [-0.1, -0.05) is 13.8 Å². The van der Waals surface area contributed by atoms with Crippen molar-refractivity contribution in [3.8, 4) is 0 Å². The molecule has 3 N–H and O–H groups in total. The van der Waals surface area contributed by atoms with Crippen molar-refractivity contribution in [3.05, 3.63) is 17.5 Å². The van der Waals surface area contributed by atoms with E-state index in [9.17, 15) is 4.79 Å². The molecule has 1 aromatic heterocycles. The molecule has 0 radical (unpaired) electrons. The molecule has 1 fully saturated rings. The van der Waals surface area contributed by atoms with Gasteiger partial charge in [-0.2, -0.15) is 5.10 Å². The van der Waals surface area contributed by atoms with Gasteiger partial charge in [0.05, 0.1) is 0 Å². The van der Waals surface area contributed by atoms with Crippen LogP contribution in [-0.4, -0.2) is 28.3 Å². The van der Waals surface area contributed by atoms with Crippen molar-refractivity contribution in [1.82, 2.24) is 15.1 Å². The van der Waals surface area contributed by atoms with E-state index in [4.69, 9.17) is 5.73 Å². The Morgan fingerprint density at radius 1 is 1.58 bits per heavy atom. The van der Waals surface area contributed by atoms with Gasteiger partial charge in [0.1, 0.15) is 5.69 Å². The molecule has 0 saturated heterocycles. The van der Waals surface area contributed by atoms with E-state index in [0.717, 1.165) is 5.69 Å². The average Bonchev–Trinajstić information content (AvgIpc) is 3.08. The van der Waals surface area contributed by atoms with Gasteiger partial charge < -0.3 is 11.1 Å². The van der Waals surface area contributed by atoms with E-state index in [2.05, 4.69) is 24.3 Å². The van der Waals surface area contributed by atoms with E-state index < -0.39 is 0 Å². The molecule has 0 aliphatic heterocycles. The van der Waals surface area contributed by atoms with Gasteiger partial charge in [0.15, 0.2) is 0 Å². The molecular weight excluding hydrogens is 264 g/mol. The SMILES string of the molecule is CC(C)c1cc(C(=O)NC(CN)C2CC2)nn1C.Cl. The highest BCUT2D eigenvalue weighted by atomic mass is 35.5. The van der Waals surface area contributed by atoms with Crippen LogP contribution in [0, 0.1) is 5.92 Å². The number of nitrogens with one attached hydrogen (secondary N) is 1. The van der Waals surface area contributed by atoms with Crippen LogP contribution in [0.15, 0.2) is 6.07 Å². The Kier molecular flexibility index (Phi) is 5.38. The highest BCUT2D eigenvalue weighted by Crippen LogP contribution is 2.32. The number of carbonyl (C=O) groups is 1. The number of aryl methyl sites for hydroxylation is 1. The number of carbonyl (C=O) groups excluding carboxylic acids is 1. The van der Waals surface area contributed by atoms with E-state index in [1.165, 1.54) is 12.8 Å². The van der Waals surface area contributed by atoms with Crippen molar-refractivity contribution in [2.45, 2.75) is 38.6 Å². The number of hydrogen-bond donors (Lipinski definition) is 2. The lowest BCUT2D eigenvalue weighted by molar-refractivity contribution is 0.0927. The number of nitrogens with zero attached hydrogens (tertiary/aromatic N) is 2. The molecule has 2 rings (SSSR count). The first kappa shape index (κ1) is 16.0. The zero-order valence-corrected chi connectivity index (χ0v) is 12.5. The first-order valence-corrected chi connectivity index (χ1v) is 6.57. The van der Waals surface area contributed by atoms with Crippen LogP contribution in [-0.2, 0) is 7.05 Å². The summed E-state index contributed by atoms with van der Waals surface area (Å²) in [4.78, 5) is 12.1. The Hall–Kier alpha value is -1.07. The first-order chi connectivity index (χ1) is 8.52. The second kappa shape index (κ2) is 6.39. The maximum atomic E-state index is 12.1. The topological polar surface area (TPSA) is 72.9 Å². The molecule has 0 bridgehead atoms. The molecule has 1 aromatic rings. The van der Waals surface area contributed by atoms with Crippen LogP contribution in [0.5, 0.6) is 0 Å². The third-order valence-corrected chi connectivity index (χ3v) is 3.50. The summed E-state index contributed by atoms with van der Waals surface area (Å²) in [5.74, 6) is 0.810. The molecule has 0 aromatic carbocycles. The largest absolute Gasteiger partial charge is 0.346 e. The lowest BCUT2D eigenvalue weighted by atomic mass is 10.1. The minimum absolute atomic E-state index is 0. The fourth-order valence-electron chi connectivity index (χ4n) is 2.24. The quantitative estimate of drug-likeness (QED) is 0.860. The van der Waals surface area contributed by atoms with Gasteiger partial charge in [-0.25, -0.2) is 0 Å². The van der Waals surface area contributed by atoms with Crippen LogP contribution in [0.25, 0.3) is 0 Å². The molecule has 1 unspecified atom stereocenters. The predicted octanol–water partition coefficient (Wildman–Crippen LogP) is 1.43. The minimum atomic E-state index is -0.111. The summed E-state index contributed by atoms with van der Waals surface area (Å²) in [5, 5.41) is 7.25. The van der Waals surface area contributed by atoms with Crippen LogP contribution >= 0.6 is 12.4 Å². The second-order valence-corrected chi connectivity index (χ2v) is 5.39. The van der Waals surface area contributed by atoms with Gasteiger partial charge in [0, 0.05) is 25.3 Å². The Bertz CT molecular complexity index is 440. The summed E-state index contributed by atoms with van der Waals surface area (Å²) in [6.45, 7) is 4.68. The number of aromatic nitrogens is 2. The minimum Gasteiger partial charge on any atom is -0.346 e. The zero-order chi connectivity index (χ0) is 13.3. The van der Waals surface area contributed by atoms with Crippen LogP contribution in [0.2, 0.25) is 0 Å².